The third kappa shape index (κ3) is 2.60. The molecule has 2 unspecified atom stereocenters. The average Bonchev–Trinajstić information content (AvgIpc) is 2.31. The molecular weight excluding hydrogens is 308 g/mol. The Morgan fingerprint density at radius 1 is 1.37 bits per heavy atom. The van der Waals surface area contributed by atoms with Crippen molar-refractivity contribution in [2.24, 2.45) is 5.92 Å². The van der Waals surface area contributed by atoms with Gasteiger partial charge in [0.1, 0.15) is 11.7 Å². The summed E-state index contributed by atoms with van der Waals surface area (Å²) >= 11 is 11.6. The van der Waals surface area contributed by atoms with Crippen LogP contribution in [0.5, 0.6) is 5.75 Å². The maximum atomic E-state index is 12.8. The van der Waals surface area contributed by atoms with Crippen LogP contribution in [0.15, 0.2) is 12.1 Å². The van der Waals surface area contributed by atoms with Gasteiger partial charge in [-0.2, -0.15) is 13.2 Å². The Morgan fingerprint density at radius 3 is 2.53 bits per heavy atom. The van der Waals surface area contributed by atoms with Crippen molar-refractivity contribution < 1.29 is 27.8 Å². The third-order valence-corrected chi connectivity index (χ3v) is 3.68. The Bertz CT molecular complexity index is 531. The number of hydrogen-bond donors (Lipinski definition) is 1. The Morgan fingerprint density at radius 2 is 2.00 bits per heavy atom. The fraction of sp³-hybridized carbons (Fsp3) is 0.364. The molecule has 2 atom stereocenters. The van der Waals surface area contributed by atoms with Crippen LogP contribution >= 0.6 is 23.2 Å². The van der Waals surface area contributed by atoms with Crippen LogP contribution in [0.3, 0.4) is 0 Å². The summed E-state index contributed by atoms with van der Waals surface area (Å²) in [5, 5.41) is 9.06. The molecule has 2 rings (SSSR count). The molecule has 0 saturated heterocycles. The molecule has 8 heteroatoms. The minimum absolute atomic E-state index is 0.0195. The van der Waals surface area contributed by atoms with Crippen molar-refractivity contribution in [3.8, 4) is 5.75 Å². The minimum Gasteiger partial charge on any atom is -0.481 e. The van der Waals surface area contributed by atoms with E-state index in [1.165, 1.54) is 12.1 Å². The van der Waals surface area contributed by atoms with Crippen molar-refractivity contribution in [3.05, 3.63) is 27.7 Å². The number of fused-ring (bicyclic) bond motifs is 1. The zero-order valence-corrected chi connectivity index (χ0v) is 10.7. The predicted octanol–water partition coefficient (Wildman–Crippen LogP) is 3.56. The summed E-state index contributed by atoms with van der Waals surface area (Å²) < 4.78 is 43.1. The standard InChI is InChI=1S/C11H7Cl2F3O3/c12-6-1-2-7-4(8(6)13)3-5(10(17)18)9(19-7)11(14,15)16/h1-2,5,9H,3H2,(H,17,18). The van der Waals surface area contributed by atoms with Crippen molar-refractivity contribution in [1.82, 2.24) is 0 Å². The zero-order chi connectivity index (χ0) is 14.4. The van der Waals surface area contributed by atoms with E-state index in [2.05, 4.69) is 0 Å². The molecule has 19 heavy (non-hydrogen) atoms. The van der Waals surface area contributed by atoms with E-state index in [4.69, 9.17) is 33.0 Å². The van der Waals surface area contributed by atoms with Crippen LogP contribution in [-0.2, 0) is 11.2 Å². The van der Waals surface area contributed by atoms with Crippen LogP contribution in [0, 0.1) is 5.92 Å². The first-order valence-corrected chi connectivity index (χ1v) is 5.90. The number of halogens is 5. The fourth-order valence-electron chi connectivity index (χ4n) is 1.93. The molecule has 0 radical (unpaired) electrons. The van der Waals surface area contributed by atoms with Gasteiger partial charge in [0.25, 0.3) is 0 Å². The highest BCUT2D eigenvalue weighted by atomic mass is 35.5. The van der Waals surface area contributed by atoms with Gasteiger partial charge < -0.3 is 9.84 Å². The second-order valence-corrected chi connectivity index (χ2v) is 4.85. The summed E-state index contributed by atoms with van der Waals surface area (Å²) in [4.78, 5) is 11.0. The van der Waals surface area contributed by atoms with Crippen LogP contribution in [0.25, 0.3) is 0 Å². The number of ether oxygens (including phenoxy) is 1. The Kier molecular flexibility index (Phi) is 3.57. The Hall–Kier alpha value is -1.14. The van der Waals surface area contributed by atoms with E-state index in [0.29, 0.717) is 0 Å². The van der Waals surface area contributed by atoms with E-state index in [0.717, 1.165) is 0 Å². The van der Waals surface area contributed by atoms with E-state index >= 15 is 0 Å². The van der Waals surface area contributed by atoms with E-state index in [1.807, 2.05) is 0 Å². The minimum atomic E-state index is -4.77. The van der Waals surface area contributed by atoms with Gasteiger partial charge in [0.15, 0.2) is 0 Å². The van der Waals surface area contributed by atoms with Gasteiger partial charge in [-0.3, -0.25) is 4.79 Å². The second kappa shape index (κ2) is 4.76. The maximum Gasteiger partial charge on any atom is 0.426 e. The molecular formula is C11H7Cl2F3O3. The molecule has 0 aromatic heterocycles. The zero-order valence-electron chi connectivity index (χ0n) is 9.17. The Labute approximate surface area is 115 Å². The smallest absolute Gasteiger partial charge is 0.426 e. The quantitative estimate of drug-likeness (QED) is 0.862. The lowest BCUT2D eigenvalue weighted by molar-refractivity contribution is -0.217. The molecule has 3 nitrogen and oxygen atoms in total. The fourth-order valence-corrected chi connectivity index (χ4v) is 2.34. The number of aliphatic carboxylic acids is 1. The largest absolute Gasteiger partial charge is 0.481 e. The molecule has 1 heterocycles. The number of carboxylic acids is 1. The van der Waals surface area contributed by atoms with Gasteiger partial charge in [0.2, 0.25) is 6.10 Å². The number of rotatable bonds is 1. The van der Waals surface area contributed by atoms with Crippen molar-refractivity contribution in [2.75, 3.05) is 0 Å². The molecule has 0 saturated carbocycles. The molecule has 0 aliphatic carbocycles. The van der Waals surface area contributed by atoms with Gasteiger partial charge >= 0.3 is 12.1 Å². The van der Waals surface area contributed by atoms with Gasteiger partial charge in [-0.05, 0) is 18.6 Å². The van der Waals surface area contributed by atoms with Gasteiger partial charge in [-0.25, -0.2) is 0 Å². The highest BCUT2D eigenvalue weighted by Gasteiger charge is 2.52. The molecule has 1 N–H and O–H groups in total. The average molecular weight is 315 g/mol. The second-order valence-electron chi connectivity index (χ2n) is 4.07. The molecule has 0 amide bonds. The molecule has 1 aliphatic rings. The lowest BCUT2D eigenvalue weighted by Crippen LogP contribution is -2.47. The van der Waals surface area contributed by atoms with Gasteiger partial charge in [-0.15, -0.1) is 0 Å². The lowest BCUT2D eigenvalue weighted by atomic mass is 9.90. The summed E-state index contributed by atoms with van der Waals surface area (Å²) in [5.74, 6) is -3.43. The number of alkyl halides is 3. The van der Waals surface area contributed by atoms with Crippen LogP contribution in [0.1, 0.15) is 5.56 Å². The number of carbonyl (C=O) groups is 1. The van der Waals surface area contributed by atoms with Crippen molar-refractivity contribution >= 4 is 29.2 Å². The van der Waals surface area contributed by atoms with E-state index in [-0.39, 0.29) is 27.8 Å². The first-order chi connectivity index (χ1) is 8.71. The van der Waals surface area contributed by atoms with Crippen molar-refractivity contribution in [3.63, 3.8) is 0 Å². The number of hydrogen-bond acceptors (Lipinski definition) is 2. The third-order valence-electron chi connectivity index (χ3n) is 2.84. The normalized spacial score (nSPS) is 22.6. The van der Waals surface area contributed by atoms with E-state index < -0.39 is 24.2 Å². The summed E-state index contributed by atoms with van der Waals surface area (Å²) in [6.07, 6.45) is -7.55. The predicted molar refractivity (Wildman–Crippen MR) is 61.8 cm³/mol. The molecule has 1 aliphatic heterocycles. The summed E-state index contributed by atoms with van der Waals surface area (Å²) in [6.45, 7) is 0. The topological polar surface area (TPSA) is 46.5 Å². The highest BCUT2D eigenvalue weighted by molar-refractivity contribution is 6.42. The molecule has 0 spiro atoms. The maximum absolute atomic E-state index is 12.8. The lowest BCUT2D eigenvalue weighted by Gasteiger charge is -2.32. The molecule has 0 fully saturated rings. The monoisotopic (exact) mass is 314 g/mol. The van der Waals surface area contributed by atoms with Gasteiger partial charge in [0, 0.05) is 5.56 Å². The van der Waals surface area contributed by atoms with Crippen LogP contribution in [0.2, 0.25) is 10.0 Å². The molecule has 1 aromatic rings. The van der Waals surface area contributed by atoms with E-state index in [1.54, 1.807) is 0 Å². The highest BCUT2D eigenvalue weighted by Crippen LogP contribution is 2.43. The van der Waals surface area contributed by atoms with Crippen LogP contribution in [0.4, 0.5) is 13.2 Å². The summed E-state index contributed by atoms with van der Waals surface area (Å²) in [5.41, 5.74) is 0.182. The summed E-state index contributed by atoms with van der Waals surface area (Å²) in [7, 11) is 0. The van der Waals surface area contributed by atoms with Crippen molar-refractivity contribution in [1.29, 1.82) is 0 Å². The molecule has 1 aromatic carbocycles. The summed E-state index contributed by atoms with van der Waals surface area (Å²) in [6, 6.07) is 2.55. The first-order valence-electron chi connectivity index (χ1n) is 5.15. The van der Waals surface area contributed by atoms with Gasteiger partial charge in [-0.1, -0.05) is 23.2 Å². The van der Waals surface area contributed by atoms with Crippen LogP contribution in [-0.4, -0.2) is 23.4 Å². The van der Waals surface area contributed by atoms with Gasteiger partial charge in [0.05, 0.1) is 10.0 Å². The first kappa shape index (κ1) is 14.3. The molecule has 0 bridgehead atoms. The van der Waals surface area contributed by atoms with Crippen LogP contribution < -0.4 is 4.74 Å². The van der Waals surface area contributed by atoms with Crippen molar-refractivity contribution in [2.45, 2.75) is 18.7 Å². The Balaban J connectivity index is 2.48. The number of benzene rings is 1. The van der Waals surface area contributed by atoms with E-state index in [9.17, 15) is 18.0 Å². The SMILES string of the molecule is O=C(O)C1Cc2c(ccc(Cl)c2Cl)OC1C(F)(F)F. The molecule has 104 valence electrons. The number of carboxylic acid groups (broad SMARTS) is 1.